The van der Waals surface area contributed by atoms with Gasteiger partial charge in [0.15, 0.2) is 0 Å². The fourth-order valence-corrected chi connectivity index (χ4v) is 2.70. The summed E-state index contributed by atoms with van der Waals surface area (Å²) in [6, 6.07) is 0. The predicted molar refractivity (Wildman–Crippen MR) is 56.9 cm³/mol. The molecule has 1 nitrogen and oxygen atoms in total. The molecule has 2 unspecified atom stereocenters. The van der Waals surface area contributed by atoms with Crippen LogP contribution in [0.4, 0.5) is 8.78 Å². The minimum Gasteiger partial charge on any atom is -0.322 e. The average molecular weight is 213 g/mol. The first-order chi connectivity index (χ1) is 6.73. The molecule has 2 rings (SSSR count). The molecule has 0 amide bonds. The summed E-state index contributed by atoms with van der Waals surface area (Å²) in [5, 5.41) is 0. The van der Waals surface area contributed by atoms with E-state index in [1.54, 1.807) is 6.92 Å². The van der Waals surface area contributed by atoms with Crippen molar-refractivity contribution < 1.29 is 8.78 Å². The molecule has 2 aliphatic rings. The molecule has 0 spiro atoms. The first-order valence-electron chi connectivity index (χ1n) is 5.25. The lowest BCUT2D eigenvalue weighted by Gasteiger charge is -2.25. The van der Waals surface area contributed by atoms with Gasteiger partial charge in [-0.3, -0.25) is 0 Å². The van der Waals surface area contributed by atoms with E-state index in [9.17, 15) is 8.78 Å². The molecular weight excluding hydrogens is 196 g/mol. The average Bonchev–Trinajstić information content (AvgIpc) is 2.75. The van der Waals surface area contributed by atoms with E-state index in [1.165, 1.54) is 13.8 Å². The quantitative estimate of drug-likeness (QED) is 0.749. The molecule has 1 fully saturated rings. The highest BCUT2D eigenvalue weighted by atomic mass is 19.1. The van der Waals surface area contributed by atoms with E-state index < -0.39 is 17.4 Å². The molecule has 0 heterocycles. The van der Waals surface area contributed by atoms with Gasteiger partial charge in [-0.05, 0) is 43.9 Å². The van der Waals surface area contributed by atoms with Gasteiger partial charge < -0.3 is 5.73 Å². The molecule has 2 N–H and O–H groups in total. The summed E-state index contributed by atoms with van der Waals surface area (Å²) in [4.78, 5) is 0. The zero-order valence-electron chi connectivity index (χ0n) is 9.40. The van der Waals surface area contributed by atoms with E-state index in [0.717, 1.165) is 5.57 Å². The molecule has 84 valence electrons. The summed E-state index contributed by atoms with van der Waals surface area (Å²) >= 11 is 0. The summed E-state index contributed by atoms with van der Waals surface area (Å²) in [6.45, 7) is 8.32. The van der Waals surface area contributed by atoms with Gasteiger partial charge in [-0.2, -0.15) is 0 Å². The molecular formula is C12H17F2N. The topological polar surface area (TPSA) is 26.0 Å². The van der Waals surface area contributed by atoms with Gasteiger partial charge >= 0.3 is 0 Å². The highest BCUT2D eigenvalue weighted by Crippen LogP contribution is 2.64. The molecule has 0 radical (unpaired) electrons. The predicted octanol–water partition coefficient (Wildman–Crippen LogP) is 2.68. The maximum absolute atomic E-state index is 14.4. The lowest BCUT2D eigenvalue weighted by Crippen LogP contribution is -2.44. The fourth-order valence-electron chi connectivity index (χ4n) is 2.70. The van der Waals surface area contributed by atoms with Crippen molar-refractivity contribution in [3.8, 4) is 0 Å². The number of hydrogen-bond acceptors (Lipinski definition) is 1. The molecule has 0 saturated heterocycles. The third-order valence-electron chi connectivity index (χ3n) is 4.16. The van der Waals surface area contributed by atoms with Gasteiger partial charge in [0.05, 0.1) is 5.54 Å². The van der Waals surface area contributed by atoms with E-state index in [2.05, 4.69) is 6.58 Å². The third-order valence-corrected chi connectivity index (χ3v) is 4.16. The van der Waals surface area contributed by atoms with Crippen molar-refractivity contribution in [1.82, 2.24) is 0 Å². The largest absolute Gasteiger partial charge is 0.322 e. The molecule has 15 heavy (non-hydrogen) atoms. The Balaban J connectivity index is 2.43. The van der Waals surface area contributed by atoms with Gasteiger partial charge in [-0.25, -0.2) is 8.78 Å². The maximum Gasteiger partial charge on any atom is 0.148 e. The van der Waals surface area contributed by atoms with Gasteiger partial charge in [0, 0.05) is 5.92 Å². The van der Waals surface area contributed by atoms with Crippen molar-refractivity contribution in [2.45, 2.75) is 44.6 Å². The highest BCUT2D eigenvalue weighted by Gasteiger charge is 2.70. The van der Waals surface area contributed by atoms with Crippen LogP contribution in [-0.4, -0.2) is 17.4 Å². The zero-order valence-corrected chi connectivity index (χ0v) is 9.40. The first-order valence-corrected chi connectivity index (χ1v) is 5.25. The Morgan fingerprint density at radius 1 is 1.67 bits per heavy atom. The van der Waals surface area contributed by atoms with Crippen LogP contribution in [0.15, 0.2) is 23.3 Å². The minimum atomic E-state index is -1.51. The van der Waals surface area contributed by atoms with E-state index in [1.807, 2.05) is 0 Å². The third kappa shape index (κ3) is 1.10. The lowest BCUT2D eigenvalue weighted by atomic mass is 9.90. The summed E-state index contributed by atoms with van der Waals surface area (Å²) in [5.41, 5.74) is 5.35. The summed E-state index contributed by atoms with van der Waals surface area (Å²) in [7, 11) is 0. The Morgan fingerprint density at radius 3 is 2.53 bits per heavy atom. The van der Waals surface area contributed by atoms with Gasteiger partial charge in [0.2, 0.25) is 0 Å². The van der Waals surface area contributed by atoms with Crippen LogP contribution in [-0.2, 0) is 0 Å². The Morgan fingerprint density at radius 2 is 2.20 bits per heavy atom. The van der Waals surface area contributed by atoms with Crippen LogP contribution in [0.3, 0.4) is 0 Å². The number of nitrogens with two attached hydrogens (primary N) is 1. The zero-order chi connectivity index (χ0) is 11.6. The van der Waals surface area contributed by atoms with Crippen LogP contribution in [0.2, 0.25) is 0 Å². The van der Waals surface area contributed by atoms with E-state index in [-0.39, 0.29) is 5.92 Å². The van der Waals surface area contributed by atoms with Crippen molar-refractivity contribution in [3.05, 3.63) is 23.3 Å². The van der Waals surface area contributed by atoms with Gasteiger partial charge in [-0.15, -0.1) is 0 Å². The van der Waals surface area contributed by atoms with Gasteiger partial charge in [0.1, 0.15) is 11.8 Å². The van der Waals surface area contributed by atoms with Crippen molar-refractivity contribution in [1.29, 1.82) is 0 Å². The van der Waals surface area contributed by atoms with Gasteiger partial charge in [-0.1, -0.05) is 6.58 Å². The van der Waals surface area contributed by atoms with Crippen molar-refractivity contribution in [2.75, 3.05) is 0 Å². The van der Waals surface area contributed by atoms with E-state index >= 15 is 0 Å². The van der Waals surface area contributed by atoms with Crippen molar-refractivity contribution in [3.63, 3.8) is 0 Å². The number of rotatable bonds is 2. The molecule has 0 aromatic heterocycles. The molecule has 0 aliphatic heterocycles. The van der Waals surface area contributed by atoms with Crippen LogP contribution in [0.1, 0.15) is 27.2 Å². The maximum atomic E-state index is 14.4. The second kappa shape index (κ2) is 2.70. The van der Waals surface area contributed by atoms with Crippen LogP contribution in [0.25, 0.3) is 0 Å². The lowest BCUT2D eigenvalue weighted by molar-refractivity contribution is 0.186. The first kappa shape index (κ1) is 10.8. The van der Waals surface area contributed by atoms with Crippen LogP contribution < -0.4 is 5.73 Å². The fraction of sp³-hybridized carbons (Fsp3) is 0.667. The minimum absolute atomic E-state index is 0.0294. The summed E-state index contributed by atoms with van der Waals surface area (Å²) in [5.74, 6) is -0.0294. The van der Waals surface area contributed by atoms with Crippen molar-refractivity contribution in [2.24, 2.45) is 11.7 Å². The summed E-state index contributed by atoms with van der Waals surface area (Å²) < 4.78 is 27.5. The molecule has 0 aromatic carbocycles. The van der Waals surface area contributed by atoms with E-state index in [4.69, 9.17) is 5.73 Å². The Bertz CT molecular complexity index is 368. The van der Waals surface area contributed by atoms with Gasteiger partial charge in [0.25, 0.3) is 0 Å². The summed E-state index contributed by atoms with van der Waals surface area (Å²) in [6.07, 6.45) is -0.521. The second-order valence-corrected chi connectivity index (χ2v) is 4.98. The normalized spacial score (nSPS) is 45.3. The molecule has 0 bridgehead atoms. The van der Waals surface area contributed by atoms with Crippen LogP contribution in [0, 0.1) is 5.92 Å². The number of halogens is 2. The standard InChI is InChI=1S/C12H17F2N/c1-6(8(3)13)10-7(2)11(4,14)12(15)5-9(10)12/h8-9H,1,5,15H2,2-4H3/t8?,9-,11?,12+/m1/s1. The Hall–Kier alpha value is -0.700. The monoisotopic (exact) mass is 213 g/mol. The molecule has 2 aliphatic carbocycles. The molecule has 0 aromatic rings. The van der Waals surface area contributed by atoms with Crippen LogP contribution >= 0.6 is 0 Å². The number of allylic oxidation sites excluding steroid dienone is 1. The molecule has 1 saturated carbocycles. The van der Waals surface area contributed by atoms with Crippen LogP contribution in [0.5, 0.6) is 0 Å². The van der Waals surface area contributed by atoms with E-state index in [0.29, 0.717) is 17.6 Å². The second-order valence-electron chi connectivity index (χ2n) is 4.98. The Labute approximate surface area is 89.0 Å². The smallest absolute Gasteiger partial charge is 0.148 e. The molecule has 3 heteroatoms. The number of alkyl halides is 2. The number of hydrogen-bond donors (Lipinski definition) is 1. The number of fused-ring (bicyclic) bond motifs is 1. The Kier molecular flexibility index (Phi) is 1.94. The molecule has 4 atom stereocenters. The SMILES string of the molecule is C=C(C1=C(C)C(C)(F)[C@]2(N)C[C@H]12)C(C)F. The highest BCUT2D eigenvalue weighted by molar-refractivity contribution is 5.56. The van der Waals surface area contributed by atoms with Crippen molar-refractivity contribution >= 4 is 0 Å².